The predicted octanol–water partition coefficient (Wildman–Crippen LogP) is 2.41. The molecule has 2 aromatic rings. The van der Waals surface area contributed by atoms with E-state index < -0.39 is 0 Å². The van der Waals surface area contributed by atoms with E-state index in [1.165, 1.54) is 5.56 Å². The van der Waals surface area contributed by atoms with Gasteiger partial charge < -0.3 is 9.64 Å². The summed E-state index contributed by atoms with van der Waals surface area (Å²) < 4.78 is 5.84. The maximum absolute atomic E-state index is 12.5. The second-order valence-electron chi connectivity index (χ2n) is 6.39. The van der Waals surface area contributed by atoms with E-state index in [9.17, 15) is 4.79 Å². The fourth-order valence-corrected chi connectivity index (χ4v) is 3.12. The number of pyridine rings is 1. The van der Waals surface area contributed by atoms with Crippen molar-refractivity contribution in [1.82, 2.24) is 19.9 Å². The van der Waals surface area contributed by atoms with Gasteiger partial charge in [0.25, 0.3) is 0 Å². The van der Waals surface area contributed by atoms with Crippen LogP contribution in [0, 0.1) is 13.8 Å². The first-order chi connectivity index (χ1) is 12.1. The smallest absolute Gasteiger partial charge is 0.222 e. The highest BCUT2D eigenvalue weighted by molar-refractivity contribution is 5.76. The highest BCUT2D eigenvalue weighted by Crippen LogP contribution is 2.22. The van der Waals surface area contributed by atoms with Crippen LogP contribution in [0.3, 0.4) is 0 Å². The zero-order chi connectivity index (χ0) is 17.6. The maximum atomic E-state index is 12.5. The molecule has 0 bridgehead atoms. The molecule has 1 fully saturated rings. The lowest BCUT2D eigenvalue weighted by atomic mass is 10.1. The third kappa shape index (κ3) is 4.82. The van der Waals surface area contributed by atoms with Gasteiger partial charge in [-0.1, -0.05) is 0 Å². The number of amides is 1. The molecule has 1 aliphatic rings. The number of aryl methyl sites for hydroxylation is 3. The lowest BCUT2D eigenvalue weighted by Gasteiger charge is -2.33. The topological polar surface area (TPSA) is 68.2 Å². The number of hydrogen-bond acceptors (Lipinski definition) is 5. The summed E-state index contributed by atoms with van der Waals surface area (Å²) in [7, 11) is 0. The monoisotopic (exact) mass is 340 g/mol. The highest BCUT2D eigenvalue weighted by atomic mass is 16.5. The quantitative estimate of drug-likeness (QED) is 0.836. The Labute approximate surface area is 148 Å². The standard InChI is InChI=1S/C19H24N4O2/c1-14-12-17(22-15(2)21-14)18-13-23(10-11-25-18)19(24)5-3-4-16-6-8-20-9-7-16/h6-9,12,18H,3-5,10-11,13H2,1-2H3/t18-/m0/s1. The lowest BCUT2D eigenvalue weighted by molar-refractivity contribution is -0.139. The third-order valence-corrected chi connectivity index (χ3v) is 4.34. The van der Waals surface area contributed by atoms with Crippen molar-refractivity contribution in [3.63, 3.8) is 0 Å². The molecule has 0 N–H and O–H groups in total. The van der Waals surface area contributed by atoms with Crippen LogP contribution in [0.5, 0.6) is 0 Å². The van der Waals surface area contributed by atoms with E-state index in [1.54, 1.807) is 12.4 Å². The summed E-state index contributed by atoms with van der Waals surface area (Å²) in [6.45, 7) is 5.57. The van der Waals surface area contributed by atoms with Gasteiger partial charge in [-0.25, -0.2) is 9.97 Å². The highest BCUT2D eigenvalue weighted by Gasteiger charge is 2.26. The fourth-order valence-electron chi connectivity index (χ4n) is 3.12. The summed E-state index contributed by atoms with van der Waals surface area (Å²) in [5.74, 6) is 0.921. The van der Waals surface area contributed by atoms with Crippen LogP contribution in [0.4, 0.5) is 0 Å². The molecule has 1 aliphatic heterocycles. The Hall–Kier alpha value is -2.34. The zero-order valence-electron chi connectivity index (χ0n) is 14.8. The van der Waals surface area contributed by atoms with Gasteiger partial charge in [-0.2, -0.15) is 0 Å². The summed E-state index contributed by atoms with van der Waals surface area (Å²) in [4.78, 5) is 27.2. The van der Waals surface area contributed by atoms with Crippen molar-refractivity contribution in [1.29, 1.82) is 0 Å². The van der Waals surface area contributed by atoms with Crippen molar-refractivity contribution >= 4 is 5.91 Å². The van der Waals surface area contributed by atoms with Crippen LogP contribution in [-0.4, -0.2) is 45.5 Å². The van der Waals surface area contributed by atoms with Crippen molar-refractivity contribution in [2.75, 3.05) is 19.7 Å². The first-order valence-electron chi connectivity index (χ1n) is 8.72. The molecule has 0 radical (unpaired) electrons. The number of morpholine rings is 1. The van der Waals surface area contributed by atoms with E-state index in [0.717, 1.165) is 30.1 Å². The Morgan fingerprint density at radius 2 is 2.08 bits per heavy atom. The van der Waals surface area contributed by atoms with Crippen LogP contribution in [0.25, 0.3) is 0 Å². The van der Waals surface area contributed by atoms with Crippen LogP contribution < -0.4 is 0 Å². The number of carbonyl (C=O) groups is 1. The molecule has 0 aliphatic carbocycles. The minimum absolute atomic E-state index is 0.168. The second kappa shape index (κ2) is 8.16. The Morgan fingerprint density at radius 1 is 1.28 bits per heavy atom. The Bertz CT molecular complexity index is 700. The molecule has 1 amide bonds. The molecule has 6 nitrogen and oxygen atoms in total. The molecule has 1 saturated heterocycles. The fraction of sp³-hybridized carbons (Fsp3) is 0.474. The number of hydrogen-bond donors (Lipinski definition) is 0. The summed E-state index contributed by atoms with van der Waals surface area (Å²) >= 11 is 0. The van der Waals surface area contributed by atoms with Gasteiger partial charge in [0.15, 0.2) is 0 Å². The largest absolute Gasteiger partial charge is 0.368 e. The van der Waals surface area contributed by atoms with Crippen molar-refractivity contribution in [2.45, 2.75) is 39.2 Å². The lowest BCUT2D eigenvalue weighted by Crippen LogP contribution is -2.42. The van der Waals surface area contributed by atoms with Crippen molar-refractivity contribution < 1.29 is 9.53 Å². The number of nitrogens with zero attached hydrogens (tertiary/aromatic N) is 4. The van der Waals surface area contributed by atoms with Crippen molar-refractivity contribution in [3.8, 4) is 0 Å². The van der Waals surface area contributed by atoms with Gasteiger partial charge in [0, 0.05) is 31.1 Å². The number of aromatic nitrogens is 3. The van der Waals surface area contributed by atoms with Crippen molar-refractivity contribution in [3.05, 3.63) is 53.4 Å². The summed E-state index contributed by atoms with van der Waals surface area (Å²) in [5.41, 5.74) is 3.00. The molecule has 0 saturated carbocycles. The molecule has 0 aromatic carbocycles. The van der Waals surface area contributed by atoms with E-state index in [1.807, 2.05) is 36.9 Å². The number of rotatable bonds is 5. The van der Waals surface area contributed by atoms with Gasteiger partial charge in [-0.15, -0.1) is 0 Å². The summed E-state index contributed by atoms with van der Waals surface area (Å²) in [5, 5.41) is 0. The van der Waals surface area contributed by atoms with E-state index in [2.05, 4.69) is 15.0 Å². The Kier molecular flexibility index (Phi) is 5.71. The van der Waals surface area contributed by atoms with Gasteiger partial charge >= 0.3 is 0 Å². The molecule has 3 rings (SSSR count). The third-order valence-electron chi connectivity index (χ3n) is 4.34. The minimum atomic E-state index is -0.168. The zero-order valence-corrected chi connectivity index (χ0v) is 14.8. The normalized spacial score (nSPS) is 17.5. The van der Waals surface area contributed by atoms with Gasteiger partial charge in [-0.3, -0.25) is 9.78 Å². The molecular formula is C19H24N4O2. The number of ether oxygens (including phenoxy) is 1. The Morgan fingerprint density at radius 3 is 2.84 bits per heavy atom. The van der Waals surface area contributed by atoms with Crippen molar-refractivity contribution in [2.24, 2.45) is 0 Å². The van der Waals surface area contributed by atoms with E-state index >= 15 is 0 Å². The van der Waals surface area contributed by atoms with Crippen LogP contribution in [0.15, 0.2) is 30.6 Å². The van der Waals surface area contributed by atoms with Crippen LogP contribution in [0.1, 0.15) is 41.7 Å². The maximum Gasteiger partial charge on any atom is 0.222 e. The van der Waals surface area contributed by atoms with E-state index in [0.29, 0.717) is 26.1 Å². The average Bonchev–Trinajstić information content (AvgIpc) is 2.62. The van der Waals surface area contributed by atoms with Crippen LogP contribution >= 0.6 is 0 Å². The van der Waals surface area contributed by atoms with E-state index in [4.69, 9.17) is 4.74 Å². The molecule has 2 aromatic heterocycles. The molecule has 1 atom stereocenters. The molecule has 0 spiro atoms. The first-order valence-corrected chi connectivity index (χ1v) is 8.72. The second-order valence-corrected chi connectivity index (χ2v) is 6.39. The van der Waals surface area contributed by atoms with Gasteiger partial charge in [0.05, 0.1) is 18.8 Å². The summed E-state index contributed by atoms with van der Waals surface area (Å²) in [6.07, 6.45) is 5.70. The first kappa shape index (κ1) is 17.5. The SMILES string of the molecule is Cc1cc([C@@H]2CN(C(=O)CCCc3ccncc3)CCO2)nc(C)n1. The molecular weight excluding hydrogens is 316 g/mol. The van der Waals surface area contributed by atoms with Crippen LogP contribution in [-0.2, 0) is 16.0 Å². The predicted molar refractivity (Wildman–Crippen MR) is 94.0 cm³/mol. The minimum Gasteiger partial charge on any atom is -0.368 e. The summed E-state index contributed by atoms with van der Waals surface area (Å²) in [6, 6.07) is 5.93. The molecule has 3 heterocycles. The number of carbonyl (C=O) groups excluding carboxylic acids is 1. The van der Waals surface area contributed by atoms with Gasteiger partial charge in [0.2, 0.25) is 5.91 Å². The van der Waals surface area contributed by atoms with Gasteiger partial charge in [-0.05, 0) is 50.5 Å². The molecule has 6 heteroatoms. The Balaban J connectivity index is 1.54. The molecule has 0 unspecified atom stereocenters. The van der Waals surface area contributed by atoms with E-state index in [-0.39, 0.29) is 12.0 Å². The van der Waals surface area contributed by atoms with Crippen LogP contribution in [0.2, 0.25) is 0 Å². The average molecular weight is 340 g/mol. The molecule has 132 valence electrons. The molecule has 25 heavy (non-hydrogen) atoms. The van der Waals surface area contributed by atoms with Gasteiger partial charge in [0.1, 0.15) is 11.9 Å².